The van der Waals surface area contributed by atoms with E-state index in [4.69, 9.17) is 5.11 Å². The van der Waals surface area contributed by atoms with Gasteiger partial charge in [0.2, 0.25) is 5.95 Å². The zero-order valence-electron chi connectivity index (χ0n) is 8.44. The molecule has 1 unspecified atom stereocenters. The number of likely N-dealkylation sites (N-methyl/N-ethyl adjacent to an activating group) is 1. The molecule has 13 heavy (non-hydrogen) atoms. The van der Waals surface area contributed by atoms with Crippen molar-refractivity contribution in [1.29, 1.82) is 0 Å². The second-order valence-electron chi connectivity index (χ2n) is 3.16. The smallest absolute Gasteiger partial charge is 0.205 e. The van der Waals surface area contributed by atoms with Crippen molar-refractivity contribution in [2.45, 2.75) is 26.4 Å². The molecule has 4 heteroatoms. The fourth-order valence-corrected chi connectivity index (χ4v) is 1.18. The summed E-state index contributed by atoms with van der Waals surface area (Å²) < 4.78 is 2.05. The maximum atomic E-state index is 8.99. The van der Waals surface area contributed by atoms with E-state index in [0.29, 0.717) is 0 Å². The van der Waals surface area contributed by atoms with E-state index in [1.54, 1.807) is 6.20 Å². The normalized spacial score (nSPS) is 12.9. The van der Waals surface area contributed by atoms with Crippen molar-refractivity contribution in [3.8, 4) is 0 Å². The van der Waals surface area contributed by atoms with E-state index in [-0.39, 0.29) is 12.6 Å². The molecule has 1 rings (SSSR count). The van der Waals surface area contributed by atoms with Crippen molar-refractivity contribution < 1.29 is 5.11 Å². The van der Waals surface area contributed by atoms with E-state index < -0.39 is 0 Å². The van der Waals surface area contributed by atoms with Crippen LogP contribution >= 0.6 is 0 Å². The Balaban J connectivity index is 2.81. The van der Waals surface area contributed by atoms with E-state index in [0.717, 1.165) is 12.5 Å². The van der Waals surface area contributed by atoms with Crippen LogP contribution in [0.3, 0.4) is 0 Å². The number of imidazole rings is 1. The number of nitrogens with zero attached hydrogens (tertiary/aromatic N) is 3. The summed E-state index contributed by atoms with van der Waals surface area (Å²) in [4.78, 5) is 6.21. The number of aliphatic hydroxyl groups is 1. The minimum absolute atomic E-state index is 0.104. The third kappa shape index (κ3) is 2.01. The summed E-state index contributed by atoms with van der Waals surface area (Å²) in [7, 11) is 1.94. The molecule has 1 aromatic heterocycles. The third-order valence-electron chi connectivity index (χ3n) is 2.28. The van der Waals surface area contributed by atoms with Gasteiger partial charge in [-0.25, -0.2) is 4.98 Å². The molecule has 0 aromatic carbocycles. The number of hydrogen-bond donors (Lipinski definition) is 1. The zero-order valence-corrected chi connectivity index (χ0v) is 8.44. The van der Waals surface area contributed by atoms with Gasteiger partial charge >= 0.3 is 0 Å². The lowest BCUT2D eigenvalue weighted by Gasteiger charge is -2.24. The van der Waals surface area contributed by atoms with Crippen molar-refractivity contribution >= 4 is 5.95 Å². The number of aliphatic hydroxyl groups excluding tert-OH is 1. The summed E-state index contributed by atoms with van der Waals surface area (Å²) in [5.41, 5.74) is 0. The maximum absolute atomic E-state index is 8.99. The first-order valence-electron chi connectivity index (χ1n) is 4.55. The molecule has 0 aliphatic carbocycles. The monoisotopic (exact) mass is 183 g/mol. The van der Waals surface area contributed by atoms with Gasteiger partial charge in [-0.05, 0) is 13.8 Å². The average Bonchev–Trinajstić information content (AvgIpc) is 2.62. The largest absolute Gasteiger partial charge is 0.394 e. The fraction of sp³-hybridized carbons (Fsp3) is 0.667. The highest BCUT2D eigenvalue weighted by Crippen LogP contribution is 2.11. The first kappa shape index (κ1) is 10.1. The van der Waals surface area contributed by atoms with Crippen LogP contribution in [0.15, 0.2) is 12.4 Å². The Morgan fingerprint density at radius 1 is 1.69 bits per heavy atom. The molecule has 1 atom stereocenters. The van der Waals surface area contributed by atoms with Gasteiger partial charge in [-0.3, -0.25) is 0 Å². The number of aromatic nitrogens is 2. The Hall–Kier alpha value is -1.03. The Bertz CT molecular complexity index is 259. The van der Waals surface area contributed by atoms with E-state index in [1.807, 2.05) is 29.6 Å². The maximum Gasteiger partial charge on any atom is 0.205 e. The van der Waals surface area contributed by atoms with Crippen LogP contribution in [0.25, 0.3) is 0 Å². The average molecular weight is 183 g/mol. The van der Waals surface area contributed by atoms with Gasteiger partial charge in [0.25, 0.3) is 0 Å². The number of rotatable bonds is 4. The topological polar surface area (TPSA) is 41.3 Å². The van der Waals surface area contributed by atoms with Crippen molar-refractivity contribution in [2.24, 2.45) is 0 Å². The van der Waals surface area contributed by atoms with Crippen molar-refractivity contribution in [2.75, 3.05) is 18.6 Å². The Morgan fingerprint density at radius 3 is 2.92 bits per heavy atom. The Labute approximate surface area is 78.8 Å². The van der Waals surface area contributed by atoms with Gasteiger partial charge in [0.05, 0.1) is 12.6 Å². The molecular formula is C9H17N3O. The Morgan fingerprint density at radius 2 is 2.38 bits per heavy atom. The first-order chi connectivity index (χ1) is 6.20. The quantitative estimate of drug-likeness (QED) is 0.747. The van der Waals surface area contributed by atoms with Crippen LogP contribution in [0.1, 0.15) is 13.8 Å². The lowest BCUT2D eigenvalue weighted by atomic mass is 10.3. The zero-order chi connectivity index (χ0) is 9.84. The first-order valence-corrected chi connectivity index (χ1v) is 4.55. The standard InChI is InChI=1S/C9H17N3O/c1-4-12-6-5-10-9(12)11(3)8(2)7-13/h5-6,8,13H,4,7H2,1-3H3. The molecule has 0 fully saturated rings. The minimum atomic E-state index is 0.104. The molecule has 0 aliphatic heterocycles. The lowest BCUT2D eigenvalue weighted by molar-refractivity contribution is 0.269. The molecule has 4 nitrogen and oxygen atoms in total. The second kappa shape index (κ2) is 4.28. The molecule has 0 aliphatic rings. The van der Waals surface area contributed by atoms with Crippen molar-refractivity contribution in [1.82, 2.24) is 9.55 Å². The second-order valence-corrected chi connectivity index (χ2v) is 3.16. The summed E-state index contributed by atoms with van der Waals surface area (Å²) in [6.07, 6.45) is 3.72. The van der Waals surface area contributed by atoms with Crippen LogP contribution < -0.4 is 4.90 Å². The molecule has 0 spiro atoms. The number of anilines is 1. The lowest BCUT2D eigenvalue weighted by Crippen LogP contribution is -2.33. The Kier molecular flexibility index (Phi) is 3.31. The highest BCUT2D eigenvalue weighted by molar-refractivity contribution is 5.31. The predicted octanol–water partition coefficient (Wildman–Crippen LogP) is 0.720. The van der Waals surface area contributed by atoms with Crippen LogP contribution in [0.2, 0.25) is 0 Å². The van der Waals surface area contributed by atoms with Gasteiger partial charge in [-0.1, -0.05) is 0 Å². The fourth-order valence-electron chi connectivity index (χ4n) is 1.18. The van der Waals surface area contributed by atoms with Gasteiger partial charge in [0.15, 0.2) is 0 Å². The summed E-state index contributed by atoms with van der Waals surface area (Å²) in [5.74, 6) is 0.907. The van der Waals surface area contributed by atoms with Gasteiger partial charge in [-0.2, -0.15) is 0 Å². The van der Waals surface area contributed by atoms with E-state index in [9.17, 15) is 0 Å². The third-order valence-corrected chi connectivity index (χ3v) is 2.28. The van der Waals surface area contributed by atoms with Crippen LogP contribution in [-0.2, 0) is 6.54 Å². The van der Waals surface area contributed by atoms with Crippen LogP contribution in [0.5, 0.6) is 0 Å². The summed E-state index contributed by atoms with van der Waals surface area (Å²) in [6, 6.07) is 0.104. The van der Waals surface area contributed by atoms with E-state index in [2.05, 4.69) is 11.9 Å². The SMILES string of the molecule is CCn1ccnc1N(C)C(C)CO. The van der Waals surface area contributed by atoms with Gasteiger partial charge < -0.3 is 14.6 Å². The molecular weight excluding hydrogens is 166 g/mol. The van der Waals surface area contributed by atoms with Gasteiger partial charge in [-0.15, -0.1) is 0 Å². The number of aryl methyl sites for hydroxylation is 1. The predicted molar refractivity (Wildman–Crippen MR) is 52.9 cm³/mol. The molecule has 1 heterocycles. The number of hydrogen-bond acceptors (Lipinski definition) is 3. The van der Waals surface area contributed by atoms with E-state index in [1.165, 1.54) is 0 Å². The van der Waals surface area contributed by atoms with Crippen molar-refractivity contribution in [3.05, 3.63) is 12.4 Å². The summed E-state index contributed by atoms with van der Waals surface area (Å²) in [6.45, 7) is 5.09. The highest BCUT2D eigenvalue weighted by Gasteiger charge is 2.12. The van der Waals surface area contributed by atoms with E-state index >= 15 is 0 Å². The van der Waals surface area contributed by atoms with Crippen molar-refractivity contribution in [3.63, 3.8) is 0 Å². The molecule has 0 radical (unpaired) electrons. The highest BCUT2D eigenvalue weighted by atomic mass is 16.3. The molecule has 0 bridgehead atoms. The molecule has 1 N–H and O–H groups in total. The summed E-state index contributed by atoms with van der Waals surface area (Å²) >= 11 is 0. The molecule has 0 saturated carbocycles. The van der Waals surface area contributed by atoms with Gasteiger partial charge in [0, 0.05) is 26.0 Å². The molecule has 0 saturated heterocycles. The molecule has 1 aromatic rings. The molecule has 74 valence electrons. The molecule has 0 amide bonds. The van der Waals surface area contributed by atoms with Crippen LogP contribution in [0, 0.1) is 0 Å². The minimum Gasteiger partial charge on any atom is -0.394 e. The van der Waals surface area contributed by atoms with Gasteiger partial charge in [0.1, 0.15) is 0 Å². The van der Waals surface area contributed by atoms with Crippen LogP contribution in [-0.4, -0.2) is 34.4 Å². The summed E-state index contributed by atoms with van der Waals surface area (Å²) in [5, 5.41) is 8.99. The van der Waals surface area contributed by atoms with Crippen LogP contribution in [0.4, 0.5) is 5.95 Å².